The molecule has 2 aromatic rings. The Bertz CT molecular complexity index is 1150. The minimum Gasteiger partial charge on any atom is -0.341 e. The molecule has 4 rings (SSSR count). The van der Waals surface area contributed by atoms with Crippen molar-refractivity contribution < 1.29 is 14.4 Å². The fraction of sp³-hybridized carbons (Fsp3) is 0.320. The first-order valence-electron chi connectivity index (χ1n) is 11.1. The number of urea groups is 1. The van der Waals surface area contributed by atoms with Crippen molar-refractivity contribution in [2.24, 2.45) is 0 Å². The van der Waals surface area contributed by atoms with Gasteiger partial charge in [-0.2, -0.15) is 0 Å². The van der Waals surface area contributed by atoms with Crippen molar-refractivity contribution >= 4 is 41.0 Å². The lowest BCUT2D eigenvalue weighted by atomic mass is 9.95. The molecule has 2 aromatic carbocycles. The second-order valence-electron chi connectivity index (χ2n) is 8.37. The highest BCUT2D eigenvalue weighted by atomic mass is 35.5. The van der Waals surface area contributed by atoms with Crippen LogP contribution in [0, 0.1) is 0 Å². The van der Waals surface area contributed by atoms with Gasteiger partial charge in [0.2, 0.25) is 5.91 Å². The van der Waals surface area contributed by atoms with E-state index in [4.69, 9.17) is 23.2 Å². The third-order valence-electron chi connectivity index (χ3n) is 6.17. The fourth-order valence-corrected chi connectivity index (χ4v) is 4.92. The van der Waals surface area contributed by atoms with Gasteiger partial charge < -0.3 is 15.1 Å². The van der Waals surface area contributed by atoms with Gasteiger partial charge in [-0.15, -0.1) is 0 Å². The Morgan fingerprint density at radius 3 is 2.56 bits per heavy atom. The molecule has 0 spiro atoms. The number of hydrogen-bond donors (Lipinski definition) is 1. The largest absolute Gasteiger partial charge is 0.341 e. The van der Waals surface area contributed by atoms with Crippen LogP contribution < -0.4 is 5.32 Å². The van der Waals surface area contributed by atoms with Gasteiger partial charge in [0.15, 0.2) is 0 Å². The predicted octanol–water partition coefficient (Wildman–Crippen LogP) is 4.22. The van der Waals surface area contributed by atoms with Gasteiger partial charge in [0.05, 0.1) is 23.9 Å². The third kappa shape index (κ3) is 4.76. The fourth-order valence-electron chi connectivity index (χ4n) is 4.40. The van der Waals surface area contributed by atoms with Crippen LogP contribution in [0.3, 0.4) is 0 Å². The molecule has 0 aliphatic carbocycles. The Morgan fingerprint density at radius 1 is 1.15 bits per heavy atom. The third-order valence-corrected chi connectivity index (χ3v) is 6.73. The van der Waals surface area contributed by atoms with Gasteiger partial charge in [-0.05, 0) is 30.2 Å². The van der Waals surface area contributed by atoms with Crippen LogP contribution in [0.4, 0.5) is 4.79 Å². The van der Waals surface area contributed by atoms with Gasteiger partial charge in [-0.3, -0.25) is 14.5 Å². The lowest BCUT2D eigenvalue weighted by Crippen LogP contribution is -2.47. The van der Waals surface area contributed by atoms with Crippen LogP contribution in [-0.2, 0) is 16.1 Å². The van der Waals surface area contributed by atoms with Crippen molar-refractivity contribution in [2.75, 3.05) is 26.7 Å². The molecule has 0 saturated carbocycles. The molecule has 1 atom stereocenters. The number of rotatable bonds is 7. The van der Waals surface area contributed by atoms with Gasteiger partial charge in [0.1, 0.15) is 0 Å². The van der Waals surface area contributed by atoms with E-state index >= 15 is 0 Å². The Balaban J connectivity index is 1.50. The molecular weight excluding hydrogens is 475 g/mol. The average molecular weight is 501 g/mol. The number of likely N-dealkylation sites (N-methyl/N-ethyl adjacent to an activating group) is 1. The molecular formula is C25H26Cl2N4O3. The Kier molecular flexibility index (Phi) is 7.14. The summed E-state index contributed by atoms with van der Waals surface area (Å²) in [6.07, 6.45) is 0.190. The molecule has 0 bridgehead atoms. The van der Waals surface area contributed by atoms with Gasteiger partial charge in [0, 0.05) is 43.1 Å². The summed E-state index contributed by atoms with van der Waals surface area (Å²) in [6, 6.07) is 13.8. The van der Waals surface area contributed by atoms with E-state index in [1.54, 1.807) is 39.9 Å². The highest BCUT2D eigenvalue weighted by molar-refractivity contribution is 6.35. The Labute approximate surface area is 208 Å². The number of carbonyl (C=O) groups excluding carboxylic acids is 3. The van der Waals surface area contributed by atoms with Crippen LogP contribution in [0.15, 0.2) is 59.8 Å². The first-order valence-corrected chi connectivity index (χ1v) is 11.9. The van der Waals surface area contributed by atoms with Crippen LogP contribution in [0.1, 0.15) is 30.5 Å². The van der Waals surface area contributed by atoms with Gasteiger partial charge in [0.25, 0.3) is 5.91 Å². The summed E-state index contributed by atoms with van der Waals surface area (Å²) < 4.78 is 0. The number of nitrogens with one attached hydrogen (secondary N) is 1. The summed E-state index contributed by atoms with van der Waals surface area (Å²) >= 11 is 12.4. The Morgan fingerprint density at radius 2 is 1.88 bits per heavy atom. The van der Waals surface area contributed by atoms with Crippen LogP contribution in [0.2, 0.25) is 10.0 Å². The minimum absolute atomic E-state index is 0.0552. The first-order chi connectivity index (χ1) is 16.3. The van der Waals surface area contributed by atoms with E-state index in [0.29, 0.717) is 40.0 Å². The molecule has 0 fully saturated rings. The topological polar surface area (TPSA) is 73.0 Å². The number of benzene rings is 2. The highest BCUT2D eigenvalue weighted by Crippen LogP contribution is 2.39. The lowest BCUT2D eigenvalue weighted by Gasteiger charge is -2.33. The van der Waals surface area contributed by atoms with Crippen molar-refractivity contribution in [3.63, 3.8) is 0 Å². The standard InChI is InChI=1S/C25H26Cl2N4O3/c1-3-31-20-15-30(12-11-21(32)29(2)14-16-7-5-4-6-8-16)24(33)22(20)23(28-25(31)34)18-10-9-17(26)13-19(18)27/h4-10,13,23H,3,11-12,14-15H2,1-2H3,(H,28,34). The second-order valence-corrected chi connectivity index (χ2v) is 9.21. The van der Waals surface area contributed by atoms with Crippen LogP contribution >= 0.6 is 23.2 Å². The number of hydrogen-bond acceptors (Lipinski definition) is 3. The van der Waals surface area contributed by atoms with Crippen LogP contribution in [-0.4, -0.2) is 59.2 Å². The van der Waals surface area contributed by atoms with E-state index in [1.165, 1.54) is 0 Å². The van der Waals surface area contributed by atoms with Crippen molar-refractivity contribution in [2.45, 2.75) is 25.9 Å². The zero-order valence-corrected chi connectivity index (χ0v) is 20.6. The zero-order chi connectivity index (χ0) is 24.4. The summed E-state index contributed by atoms with van der Waals surface area (Å²) in [5, 5.41) is 3.75. The summed E-state index contributed by atoms with van der Waals surface area (Å²) in [4.78, 5) is 43.8. The molecule has 2 aliphatic rings. The van der Waals surface area contributed by atoms with Crippen molar-refractivity contribution in [1.29, 1.82) is 0 Å². The number of amides is 4. The van der Waals surface area contributed by atoms with Gasteiger partial charge in [-0.25, -0.2) is 4.79 Å². The molecule has 0 radical (unpaired) electrons. The van der Waals surface area contributed by atoms with Crippen LogP contribution in [0.25, 0.3) is 0 Å². The summed E-state index contributed by atoms with van der Waals surface area (Å²) in [5.74, 6) is -0.261. The quantitative estimate of drug-likeness (QED) is 0.618. The number of halogens is 2. The molecule has 34 heavy (non-hydrogen) atoms. The maximum absolute atomic E-state index is 13.4. The van der Waals surface area contributed by atoms with Gasteiger partial charge >= 0.3 is 6.03 Å². The molecule has 4 amide bonds. The molecule has 7 nitrogen and oxygen atoms in total. The molecule has 9 heteroatoms. The smallest absolute Gasteiger partial charge is 0.322 e. The van der Waals surface area contributed by atoms with Crippen molar-refractivity contribution in [1.82, 2.24) is 20.0 Å². The van der Waals surface area contributed by atoms with E-state index in [2.05, 4.69) is 5.32 Å². The van der Waals surface area contributed by atoms with Crippen LogP contribution in [0.5, 0.6) is 0 Å². The maximum Gasteiger partial charge on any atom is 0.322 e. The molecule has 2 heterocycles. The van der Waals surface area contributed by atoms with Crippen molar-refractivity contribution in [3.8, 4) is 0 Å². The number of carbonyl (C=O) groups is 3. The Hall–Kier alpha value is -3.03. The lowest BCUT2D eigenvalue weighted by molar-refractivity contribution is -0.132. The SMILES string of the molecule is CCN1C(=O)NC(c2ccc(Cl)cc2Cl)C2=C1CN(CCC(=O)N(C)Cc1ccccc1)C2=O. The van der Waals surface area contributed by atoms with Gasteiger partial charge in [-0.1, -0.05) is 59.6 Å². The summed E-state index contributed by atoms with van der Waals surface area (Å²) in [6.45, 7) is 3.31. The normalized spacial score (nSPS) is 17.7. The molecule has 178 valence electrons. The summed E-state index contributed by atoms with van der Waals surface area (Å²) in [5.41, 5.74) is 2.78. The molecule has 2 aliphatic heterocycles. The molecule has 0 saturated heterocycles. The highest BCUT2D eigenvalue weighted by Gasteiger charge is 2.44. The minimum atomic E-state index is -0.677. The van der Waals surface area contributed by atoms with E-state index in [-0.39, 0.29) is 37.4 Å². The second kappa shape index (κ2) is 10.1. The van der Waals surface area contributed by atoms with E-state index in [9.17, 15) is 14.4 Å². The maximum atomic E-state index is 13.4. The van der Waals surface area contributed by atoms with Crippen molar-refractivity contribution in [3.05, 3.63) is 81.0 Å². The molecule has 0 aromatic heterocycles. The first kappa shape index (κ1) is 24.1. The number of nitrogens with zero attached hydrogens (tertiary/aromatic N) is 3. The molecule has 1 N–H and O–H groups in total. The monoisotopic (exact) mass is 500 g/mol. The van der Waals surface area contributed by atoms with E-state index in [0.717, 1.165) is 5.56 Å². The predicted molar refractivity (Wildman–Crippen MR) is 131 cm³/mol. The zero-order valence-electron chi connectivity index (χ0n) is 19.1. The molecule has 1 unspecified atom stereocenters. The summed E-state index contributed by atoms with van der Waals surface area (Å²) in [7, 11) is 1.75. The van der Waals surface area contributed by atoms with E-state index in [1.807, 2.05) is 37.3 Å². The average Bonchev–Trinajstić information content (AvgIpc) is 3.13. The van der Waals surface area contributed by atoms with E-state index < -0.39 is 6.04 Å².